The quantitative estimate of drug-likeness (QED) is 0.857. The van der Waals surface area contributed by atoms with Gasteiger partial charge in [-0.2, -0.15) is 0 Å². The summed E-state index contributed by atoms with van der Waals surface area (Å²) in [6.07, 6.45) is 0. The molecule has 0 fully saturated rings. The zero-order valence-corrected chi connectivity index (χ0v) is 11.8. The van der Waals surface area contributed by atoms with E-state index >= 15 is 0 Å². The number of nitrogens with zero attached hydrogens (tertiary/aromatic N) is 3. The Morgan fingerprint density at radius 2 is 2.16 bits per heavy atom. The molecule has 0 saturated heterocycles. The third kappa shape index (κ3) is 2.98. The lowest BCUT2D eigenvalue weighted by atomic mass is 10.1. The van der Waals surface area contributed by atoms with Crippen LogP contribution < -0.4 is 10.5 Å². The van der Waals surface area contributed by atoms with Crippen molar-refractivity contribution in [3.05, 3.63) is 29.8 Å². The Hall–Kier alpha value is -1.75. The summed E-state index contributed by atoms with van der Waals surface area (Å²) in [6, 6.07) is 8.24. The van der Waals surface area contributed by atoms with Gasteiger partial charge in [0, 0.05) is 18.7 Å². The van der Waals surface area contributed by atoms with E-state index in [2.05, 4.69) is 35.0 Å². The van der Waals surface area contributed by atoms with Crippen LogP contribution in [0.4, 0.5) is 0 Å². The second kappa shape index (κ2) is 5.93. The highest BCUT2D eigenvalue weighted by atomic mass is 16.5. The van der Waals surface area contributed by atoms with Gasteiger partial charge < -0.3 is 20.3 Å². The Kier molecular flexibility index (Phi) is 4.27. The molecule has 104 valence electrons. The number of hydrogen-bond donors (Lipinski definition) is 1. The molecule has 1 aromatic carbocycles. The fraction of sp³-hybridized carbons (Fsp3) is 0.500. The number of nitrogens with two attached hydrogens (primary N) is 1. The van der Waals surface area contributed by atoms with Gasteiger partial charge in [0.2, 0.25) is 0 Å². The number of aliphatic imine (C=N–C) groups is 1. The van der Waals surface area contributed by atoms with Crippen LogP contribution in [0.5, 0.6) is 5.75 Å². The molecule has 5 heteroatoms. The number of hydrogen-bond acceptors (Lipinski definition) is 5. The fourth-order valence-corrected chi connectivity index (χ4v) is 2.32. The molecule has 19 heavy (non-hydrogen) atoms. The van der Waals surface area contributed by atoms with E-state index in [0.29, 0.717) is 12.5 Å². The van der Waals surface area contributed by atoms with Crippen LogP contribution in [0.25, 0.3) is 0 Å². The summed E-state index contributed by atoms with van der Waals surface area (Å²) >= 11 is 0. The Bertz CT molecular complexity index is 459. The third-order valence-electron chi connectivity index (χ3n) is 3.38. The SMILES string of the molecule is COc1ccccc1C1CN=C(N)N1CCN(C)C. The van der Waals surface area contributed by atoms with Gasteiger partial charge in [-0.05, 0) is 20.2 Å². The monoisotopic (exact) mass is 262 g/mol. The zero-order valence-electron chi connectivity index (χ0n) is 11.8. The van der Waals surface area contributed by atoms with E-state index in [1.54, 1.807) is 7.11 Å². The molecule has 0 saturated carbocycles. The lowest BCUT2D eigenvalue weighted by Gasteiger charge is -2.28. The first-order valence-electron chi connectivity index (χ1n) is 6.47. The van der Waals surface area contributed by atoms with Crippen LogP contribution in [0, 0.1) is 0 Å². The molecule has 2 N–H and O–H groups in total. The van der Waals surface area contributed by atoms with Crippen molar-refractivity contribution in [3.63, 3.8) is 0 Å². The highest BCUT2D eigenvalue weighted by Gasteiger charge is 2.29. The maximum Gasteiger partial charge on any atom is 0.191 e. The van der Waals surface area contributed by atoms with E-state index in [-0.39, 0.29) is 6.04 Å². The summed E-state index contributed by atoms with van der Waals surface area (Å²) in [5, 5.41) is 0. The van der Waals surface area contributed by atoms with E-state index in [1.807, 2.05) is 18.2 Å². The van der Waals surface area contributed by atoms with Crippen molar-refractivity contribution in [1.82, 2.24) is 9.80 Å². The second-order valence-corrected chi connectivity index (χ2v) is 4.95. The first-order chi connectivity index (χ1) is 9.13. The minimum absolute atomic E-state index is 0.177. The summed E-state index contributed by atoms with van der Waals surface area (Å²) in [5.74, 6) is 1.52. The molecule has 1 atom stereocenters. The Morgan fingerprint density at radius 1 is 1.42 bits per heavy atom. The van der Waals surface area contributed by atoms with E-state index < -0.39 is 0 Å². The zero-order chi connectivity index (χ0) is 13.8. The van der Waals surface area contributed by atoms with Gasteiger partial charge in [-0.15, -0.1) is 0 Å². The molecule has 0 amide bonds. The summed E-state index contributed by atoms with van der Waals surface area (Å²) in [6.45, 7) is 2.51. The van der Waals surface area contributed by atoms with Gasteiger partial charge in [0.1, 0.15) is 5.75 Å². The standard InChI is InChI=1S/C14H22N4O/c1-17(2)8-9-18-12(10-16-14(18)15)11-6-4-5-7-13(11)19-3/h4-7,12H,8-10H2,1-3H3,(H2,15,16). The average Bonchev–Trinajstić information content (AvgIpc) is 2.77. The molecule has 1 unspecified atom stereocenters. The van der Waals surface area contributed by atoms with Crippen molar-refractivity contribution < 1.29 is 4.74 Å². The Morgan fingerprint density at radius 3 is 2.84 bits per heavy atom. The molecular formula is C14H22N4O. The van der Waals surface area contributed by atoms with Gasteiger partial charge in [0.25, 0.3) is 0 Å². The minimum atomic E-state index is 0.177. The Labute approximate surface area is 114 Å². The lowest BCUT2D eigenvalue weighted by molar-refractivity contribution is 0.287. The molecule has 5 nitrogen and oxygen atoms in total. The highest BCUT2D eigenvalue weighted by molar-refractivity contribution is 5.80. The average molecular weight is 262 g/mol. The first kappa shape index (κ1) is 13.7. The maximum absolute atomic E-state index is 6.00. The van der Waals surface area contributed by atoms with Crippen LogP contribution in [-0.2, 0) is 0 Å². The van der Waals surface area contributed by atoms with E-state index in [9.17, 15) is 0 Å². The van der Waals surface area contributed by atoms with Gasteiger partial charge in [-0.1, -0.05) is 18.2 Å². The molecule has 2 rings (SSSR count). The molecule has 1 aliphatic rings. The molecule has 0 aliphatic carbocycles. The van der Waals surface area contributed by atoms with Gasteiger partial charge in [0.05, 0.1) is 19.7 Å². The van der Waals surface area contributed by atoms with E-state index in [0.717, 1.165) is 24.4 Å². The van der Waals surface area contributed by atoms with Gasteiger partial charge >= 0.3 is 0 Å². The number of benzene rings is 1. The number of ether oxygens (including phenoxy) is 1. The van der Waals surface area contributed by atoms with Crippen molar-refractivity contribution in [2.24, 2.45) is 10.7 Å². The minimum Gasteiger partial charge on any atom is -0.496 e. The summed E-state index contributed by atoms with van der Waals surface area (Å²) in [4.78, 5) is 8.67. The van der Waals surface area contributed by atoms with Crippen LogP contribution in [0.2, 0.25) is 0 Å². The molecule has 1 aromatic rings. The number of methoxy groups -OCH3 is 1. The Balaban J connectivity index is 2.19. The third-order valence-corrected chi connectivity index (χ3v) is 3.38. The highest BCUT2D eigenvalue weighted by Crippen LogP contribution is 2.31. The summed E-state index contributed by atoms with van der Waals surface area (Å²) in [7, 11) is 5.81. The molecule has 1 heterocycles. The maximum atomic E-state index is 6.00. The predicted octanol–water partition coefficient (Wildman–Crippen LogP) is 0.928. The van der Waals surface area contributed by atoms with Crippen molar-refractivity contribution in [2.45, 2.75) is 6.04 Å². The summed E-state index contributed by atoms with van der Waals surface area (Å²) < 4.78 is 5.44. The normalized spacial score (nSPS) is 18.8. The fourth-order valence-electron chi connectivity index (χ4n) is 2.32. The second-order valence-electron chi connectivity index (χ2n) is 4.95. The molecule has 0 aromatic heterocycles. The molecule has 0 spiro atoms. The number of para-hydroxylation sites is 1. The van der Waals surface area contributed by atoms with Crippen LogP contribution in [0.15, 0.2) is 29.3 Å². The van der Waals surface area contributed by atoms with Crippen LogP contribution >= 0.6 is 0 Å². The van der Waals surface area contributed by atoms with Crippen molar-refractivity contribution >= 4 is 5.96 Å². The van der Waals surface area contributed by atoms with Crippen molar-refractivity contribution in [2.75, 3.05) is 40.8 Å². The molecule has 0 bridgehead atoms. The summed E-state index contributed by atoms with van der Waals surface area (Å²) in [5.41, 5.74) is 7.15. The largest absolute Gasteiger partial charge is 0.496 e. The lowest BCUT2D eigenvalue weighted by Crippen LogP contribution is -2.40. The molecule has 0 radical (unpaired) electrons. The number of guanidine groups is 1. The topological polar surface area (TPSA) is 54.1 Å². The van der Waals surface area contributed by atoms with Gasteiger partial charge in [0.15, 0.2) is 5.96 Å². The first-order valence-corrected chi connectivity index (χ1v) is 6.47. The predicted molar refractivity (Wildman–Crippen MR) is 77.5 cm³/mol. The van der Waals surface area contributed by atoms with E-state index in [1.165, 1.54) is 0 Å². The number of rotatable bonds is 5. The number of likely N-dealkylation sites (N-methyl/N-ethyl adjacent to an activating group) is 1. The van der Waals surface area contributed by atoms with Crippen molar-refractivity contribution in [1.29, 1.82) is 0 Å². The van der Waals surface area contributed by atoms with Gasteiger partial charge in [-0.25, -0.2) is 0 Å². The van der Waals surface area contributed by atoms with Gasteiger partial charge in [-0.3, -0.25) is 4.99 Å². The molecule has 1 aliphatic heterocycles. The van der Waals surface area contributed by atoms with Crippen LogP contribution in [0.3, 0.4) is 0 Å². The smallest absolute Gasteiger partial charge is 0.191 e. The van der Waals surface area contributed by atoms with Crippen LogP contribution in [0.1, 0.15) is 11.6 Å². The van der Waals surface area contributed by atoms with Crippen LogP contribution in [-0.4, -0.2) is 56.6 Å². The molecular weight excluding hydrogens is 240 g/mol. The van der Waals surface area contributed by atoms with E-state index in [4.69, 9.17) is 10.5 Å². The van der Waals surface area contributed by atoms with Crippen molar-refractivity contribution in [3.8, 4) is 5.75 Å².